The van der Waals surface area contributed by atoms with Crippen molar-refractivity contribution in [2.75, 3.05) is 7.05 Å². The molecular weight excluding hydrogens is 256 g/mol. The molecule has 0 aromatic heterocycles. The Morgan fingerprint density at radius 3 is 2.80 bits per heavy atom. The van der Waals surface area contributed by atoms with E-state index in [0.29, 0.717) is 17.4 Å². The Bertz CT molecular complexity index is 518. The summed E-state index contributed by atoms with van der Waals surface area (Å²) in [5.41, 5.74) is 0.792. The number of hydrogen-bond donors (Lipinski definition) is 1. The van der Waals surface area contributed by atoms with Gasteiger partial charge in [-0.05, 0) is 26.5 Å². The van der Waals surface area contributed by atoms with Crippen molar-refractivity contribution in [2.24, 2.45) is 5.41 Å². The molecule has 20 heavy (non-hydrogen) atoms. The molecule has 1 aliphatic rings. The summed E-state index contributed by atoms with van der Waals surface area (Å²) in [6.07, 6.45) is 2.05. The third-order valence-corrected chi connectivity index (χ3v) is 4.81. The number of hydrogen-bond acceptors (Lipinski definition) is 4. The van der Waals surface area contributed by atoms with E-state index in [4.69, 9.17) is 4.74 Å². The predicted octanol–water partition coefficient (Wildman–Crippen LogP) is 3.06. The molecule has 1 N–H and O–H groups in total. The van der Waals surface area contributed by atoms with Gasteiger partial charge in [-0.2, -0.15) is 0 Å². The van der Waals surface area contributed by atoms with Crippen LogP contribution in [0.1, 0.15) is 32.3 Å². The summed E-state index contributed by atoms with van der Waals surface area (Å²) in [6, 6.07) is 5.44. The highest BCUT2D eigenvalue weighted by Gasteiger charge is 2.51. The Morgan fingerprint density at radius 2 is 2.25 bits per heavy atom. The third-order valence-electron chi connectivity index (χ3n) is 4.81. The number of ether oxygens (including phenoxy) is 1. The molecule has 110 valence electrons. The van der Waals surface area contributed by atoms with E-state index < -0.39 is 0 Å². The first-order chi connectivity index (χ1) is 9.43. The van der Waals surface area contributed by atoms with Gasteiger partial charge >= 0.3 is 0 Å². The van der Waals surface area contributed by atoms with Crippen LogP contribution in [0.2, 0.25) is 0 Å². The van der Waals surface area contributed by atoms with Gasteiger partial charge in [0.1, 0.15) is 11.9 Å². The predicted molar refractivity (Wildman–Crippen MR) is 78.1 cm³/mol. The van der Waals surface area contributed by atoms with Crippen molar-refractivity contribution in [3.8, 4) is 5.75 Å². The van der Waals surface area contributed by atoms with Gasteiger partial charge in [0, 0.05) is 23.9 Å². The van der Waals surface area contributed by atoms with Crippen LogP contribution in [-0.2, 0) is 0 Å². The fourth-order valence-electron chi connectivity index (χ4n) is 3.00. The second-order valence-electron chi connectivity index (χ2n) is 5.70. The Kier molecular flexibility index (Phi) is 3.99. The minimum Gasteiger partial charge on any atom is -0.489 e. The van der Waals surface area contributed by atoms with Gasteiger partial charge in [0.05, 0.1) is 10.5 Å². The van der Waals surface area contributed by atoms with Gasteiger partial charge in [-0.3, -0.25) is 10.1 Å². The molecule has 0 saturated heterocycles. The van der Waals surface area contributed by atoms with Crippen molar-refractivity contribution in [3.63, 3.8) is 0 Å². The number of rotatable bonds is 5. The van der Waals surface area contributed by atoms with E-state index in [1.807, 2.05) is 13.1 Å². The van der Waals surface area contributed by atoms with Gasteiger partial charge in [0.2, 0.25) is 0 Å². The standard InChI is InChI=1S/C15H22N2O3/c1-5-15(3)13(16-4)9-14(15)20-12-8-6-7-11(10(12)2)17(18)19/h6-8,13-14,16H,5,9H2,1-4H3. The van der Waals surface area contributed by atoms with Crippen LogP contribution < -0.4 is 10.1 Å². The second kappa shape index (κ2) is 5.40. The maximum Gasteiger partial charge on any atom is 0.276 e. The summed E-state index contributed by atoms with van der Waals surface area (Å²) < 4.78 is 6.07. The second-order valence-corrected chi connectivity index (χ2v) is 5.70. The van der Waals surface area contributed by atoms with Crippen molar-refractivity contribution in [3.05, 3.63) is 33.9 Å². The quantitative estimate of drug-likeness (QED) is 0.664. The maximum absolute atomic E-state index is 11.0. The average Bonchev–Trinajstić information content (AvgIpc) is 2.43. The Labute approximate surface area is 119 Å². The van der Waals surface area contributed by atoms with Crippen LogP contribution in [0.25, 0.3) is 0 Å². The number of benzene rings is 1. The van der Waals surface area contributed by atoms with Crippen molar-refractivity contribution in [1.82, 2.24) is 5.32 Å². The normalized spacial score (nSPS) is 28.8. The van der Waals surface area contributed by atoms with Gasteiger partial charge in [0.15, 0.2) is 0 Å². The zero-order valence-electron chi connectivity index (χ0n) is 12.5. The molecule has 0 heterocycles. The van der Waals surface area contributed by atoms with Crippen molar-refractivity contribution >= 4 is 5.69 Å². The molecule has 0 aliphatic heterocycles. The number of nitro groups is 1. The summed E-state index contributed by atoms with van der Waals surface area (Å²) in [5.74, 6) is 0.624. The lowest BCUT2D eigenvalue weighted by molar-refractivity contribution is -0.385. The molecule has 2 rings (SSSR count). The lowest BCUT2D eigenvalue weighted by atomic mass is 9.61. The third kappa shape index (κ3) is 2.26. The van der Waals surface area contributed by atoms with Gasteiger partial charge in [-0.1, -0.05) is 19.9 Å². The Hall–Kier alpha value is -1.62. The van der Waals surface area contributed by atoms with Gasteiger partial charge < -0.3 is 10.1 Å². The van der Waals surface area contributed by atoms with E-state index in [0.717, 1.165) is 12.8 Å². The van der Waals surface area contributed by atoms with Crippen LogP contribution in [-0.4, -0.2) is 24.1 Å². The van der Waals surface area contributed by atoms with Crippen LogP contribution in [0, 0.1) is 22.5 Å². The van der Waals surface area contributed by atoms with Crippen LogP contribution >= 0.6 is 0 Å². The van der Waals surface area contributed by atoms with Crippen molar-refractivity contribution < 1.29 is 9.66 Å². The molecule has 1 fully saturated rings. The molecular formula is C15H22N2O3. The molecule has 0 radical (unpaired) electrons. The van der Waals surface area contributed by atoms with E-state index in [1.165, 1.54) is 6.07 Å². The van der Waals surface area contributed by atoms with Gasteiger partial charge in [0.25, 0.3) is 5.69 Å². The first-order valence-electron chi connectivity index (χ1n) is 7.02. The van der Waals surface area contributed by atoms with Crippen LogP contribution in [0.15, 0.2) is 18.2 Å². The smallest absolute Gasteiger partial charge is 0.276 e. The SMILES string of the molecule is CCC1(C)C(NC)CC1Oc1cccc([N+](=O)[O-])c1C. The minimum absolute atomic E-state index is 0.0752. The van der Waals surface area contributed by atoms with E-state index >= 15 is 0 Å². The van der Waals surface area contributed by atoms with Crippen LogP contribution in [0.3, 0.4) is 0 Å². The van der Waals surface area contributed by atoms with Gasteiger partial charge in [-0.15, -0.1) is 0 Å². The Balaban J connectivity index is 2.20. The number of nitro benzene ring substituents is 1. The fraction of sp³-hybridized carbons (Fsp3) is 0.600. The zero-order valence-corrected chi connectivity index (χ0v) is 12.5. The van der Waals surface area contributed by atoms with E-state index in [9.17, 15) is 10.1 Å². The van der Waals surface area contributed by atoms with Gasteiger partial charge in [-0.25, -0.2) is 0 Å². The monoisotopic (exact) mass is 278 g/mol. The lowest BCUT2D eigenvalue weighted by Gasteiger charge is -2.53. The molecule has 1 aromatic rings. The summed E-state index contributed by atoms with van der Waals surface area (Å²) in [7, 11) is 1.97. The molecule has 3 unspecified atom stereocenters. The molecule has 1 aromatic carbocycles. The van der Waals surface area contributed by atoms with Crippen molar-refractivity contribution in [2.45, 2.75) is 45.8 Å². The molecule has 1 saturated carbocycles. The van der Waals surface area contributed by atoms with Crippen molar-refractivity contribution in [1.29, 1.82) is 0 Å². The Morgan fingerprint density at radius 1 is 1.55 bits per heavy atom. The summed E-state index contributed by atoms with van der Waals surface area (Å²) in [4.78, 5) is 10.6. The fourth-order valence-corrected chi connectivity index (χ4v) is 3.00. The zero-order chi connectivity index (χ0) is 14.9. The average molecular weight is 278 g/mol. The number of nitrogens with zero attached hydrogens (tertiary/aromatic N) is 1. The first kappa shape index (κ1) is 14.8. The summed E-state index contributed by atoms with van der Waals surface area (Å²) in [5, 5.41) is 14.3. The topological polar surface area (TPSA) is 64.4 Å². The lowest BCUT2D eigenvalue weighted by Crippen LogP contribution is -2.62. The highest BCUT2D eigenvalue weighted by atomic mass is 16.6. The molecule has 5 heteroatoms. The van der Waals surface area contributed by atoms with E-state index in [-0.39, 0.29) is 22.1 Å². The first-order valence-corrected chi connectivity index (χ1v) is 7.02. The molecule has 0 bridgehead atoms. The molecule has 3 atom stereocenters. The highest BCUT2D eigenvalue weighted by Crippen LogP contribution is 2.46. The van der Waals surface area contributed by atoms with E-state index in [1.54, 1.807) is 13.0 Å². The maximum atomic E-state index is 11.0. The van der Waals surface area contributed by atoms with E-state index in [2.05, 4.69) is 19.2 Å². The molecule has 5 nitrogen and oxygen atoms in total. The largest absolute Gasteiger partial charge is 0.489 e. The highest BCUT2D eigenvalue weighted by molar-refractivity contribution is 5.48. The summed E-state index contributed by atoms with van der Waals surface area (Å²) >= 11 is 0. The molecule has 1 aliphatic carbocycles. The minimum atomic E-state index is -0.363. The molecule has 0 spiro atoms. The van der Waals surface area contributed by atoms with Crippen LogP contribution in [0.5, 0.6) is 5.75 Å². The molecule has 0 amide bonds. The van der Waals surface area contributed by atoms with Crippen LogP contribution in [0.4, 0.5) is 5.69 Å². The summed E-state index contributed by atoms with van der Waals surface area (Å²) in [6.45, 7) is 6.10. The number of nitrogens with one attached hydrogen (secondary N) is 1.